The summed E-state index contributed by atoms with van der Waals surface area (Å²) >= 11 is 0. The van der Waals surface area contributed by atoms with Crippen LogP contribution in [0.3, 0.4) is 0 Å². The Morgan fingerprint density at radius 3 is 2.54 bits per heavy atom. The van der Waals surface area contributed by atoms with Gasteiger partial charge in [0.2, 0.25) is 0 Å². The minimum absolute atomic E-state index is 0.0378. The van der Waals surface area contributed by atoms with E-state index >= 15 is 0 Å². The molecule has 0 spiro atoms. The third-order valence-electron chi connectivity index (χ3n) is 1.80. The van der Waals surface area contributed by atoms with Crippen molar-refractivity contribution in [3.63, 3.8) is 0 Å². The molecule has 0 amide bonds. The van der Waals surface area contributed by atoms with Crippen LogP contribution in [-0.2, 0) is 12.3 Å². The Morgan fingerprint density at radius 2 is 2.08 bits per heavy atom. The molecule has 1 rings (SSSR count). The largest absolute Gasteiger partial charge is 0.384 e. The number of halogens is 2. The first-order valence-corrected chi connectivity index (χ1v) is 4.09. The summed E-state index contributed by atoms with van der Waals surface area (Å²) in [6.45, 7) is 2.64. The second kappa shape index (κ2) is 3.28. The van der Waals surface area contributed by atoms with Gasteiger partial charge in [-0.05, 0) is 18.6 Å². The lowest BCUT2D eigenvalue weighted by molar-refractivity contribution is 0.0162. The summed E-state index contributed by atoms with van der Waals surface area (Å²) in [4.78, 5) is 3.86. The molecule has 1 heterocycles. The Kier molecular flexibility index (Phi) is 2.50. The SMILES string of the molecule is CCc1nc(N)ccc1C(C)(F)F. The lowest BCUT2D eigenvalue weighted by Gasteiger charge is -2.14. The molecular weight excluding hydrogens is 174 g/mol. The van der Waals surface area contributed by atoms with Gasteiger partial charge < -0.3 is 5.73 Å². The van der Waals surface area contributed by atoms with E-state index in [1.165, 1.54) is 12.1 Å². The molecule has 72 valence electrons. The highest BCUT2D eigenvalue weighted by molar-refractivity contribution is 5.36. The van der Waals surface area contributed by atoms with E-state index in [-0.39, 0.29) is 11.4 Å². The van der Waals surface area contributed by atoms with E-state index in [0.29, 0.717) is 12.1 Å². The van der Waals surface area contributed by atoms with Gasteiger partial charge in [0.25, 0.3) is 5.92 Å². The van der Waals surface area contributed by atoms with Crippen LogP contribution in [-0.4, -0.2) is 4.98 Å². The lowest BCUT2D eigenvalue weighted by atomic mass is 10.1. The number of alkyl halides is 2. The Labute approximate surface area is 75.8 Å². The standard InChI is InChI=1S/C9H12F2N2/c1-3-7-6(9(2,10)11)4-5-8(12)13-7/h4-5H,3H2,1-2H3,(H2,12,13). The molecule has 1 aromatic rings. The number of hydrogen-bond acceptors (Lipinski definition) is 2. The van der Waals surface area contributed by atoms with Crippen molar-refractivity contribution < 1.29 is 8.78 Å². The summed E-state index contributed by atoms with van der Waals surface area (Å²) in [5, 5.41) is 0. The first-order valence-electron chi connectivity index (χ1n) is 4.09. The normalized spacial score (nSPS) is 11.7. The van der Waals surface area contributed by atoms with Crippen molar-refractivity contribution in [1.82, 2.24) is 4.98 Å². The Bertz CT molecular complexity index is 305. The third-order valence-corrected chi connectivity index (χ3v) is 1.80. The van der Waals surface area contributed by atoms with Crippen LogP contribution in [0.1, 0.15) is 25.1 Å². The van der Waals surface area contributed by atoms with Crippen LogP contribution in [0.4, 0.5) is 14.6 Å². The number of nitrogens with zero attached hydrogens (tertiary/aromatic N) is 1. The highest BCUT2D eigenvalue weighted by Crippen LogP contribution is 2.29. The third kappa shape index (κ3) is 2.14. The van der Waals surface area contributed by atoms with Crippen molar-refractivity contribution in [2.75, 3.05) is 5.73 Å². The predicted octanol–water partition coefficient (Wildman–Crippen LogP) is 2.34. The molecule has 0 bridgehead atoms. The number of hydrogen-bond donors (Lipinski definition) is 1. The van der Waals surface area contributed by atoms with Gasteiger partial charge in [-0.25, -0.2) is 13.8 Å². The summed E-state index contributed by atoms with van der Waals surface area (Å²) in [7, 11) is 0. The fraction of sp³-hybridized carbons (Fsp3) is 0.444. The van der Waals surface area contributed by atoms with Crippen LogP contribution in [0.25, 0.3) is 0 Å². The predicted molar refractivity (Wildman–Crippen MR) is 47.6 cm³/mol. The molecule has 0 fully saturated rings. The molecule has 2 N–H and O–H groups in total. The van der Waals surface area contributed by atoms with Crippen LogP contribution in [0.15, 0.2) is 12.1 Å². The average molecular weight is 186 g/mol. The van der Waals surface area contributed by atoms with Gasteiger partial charge in [0.1, 0.15) is 5.82 Å². The summed E-state index contributed by atoms with van der Waals surface area (Å²) in [6.07, 6.45) is 0.462. The quantitative estimate of drug-likeness (QED) is 0.769. The van der Waals surface area contributed by atoms with Gasteiger partial charge in [0.15, 0.2) is 0 Å². The molecule has 0 atom stereocenters. The minimum Gasteiger partial charge on any atom is -0.384 e. The lowest BCUT2D eigenvalue weighted by Crippen LogP contribution is -2.12. The van der Waals surface area contributed by atoms with E-state index in [1.54, 1.807) is 6.92 Å². The van der Waals surface area contributed by atoms with Gasteiger partial charge in [0.05, 0.1) is 5.69 Å². The molecule has 0 aromatic carbocycles. The number of aryl methyl sites for hydroxylation is 1. The molecule has 0 aliphatic heterocycles. The van der Waals surface area contributed by atoms with Gasteiger partial charge >= 0.3 is 0 Å². The van der Waals surface area contributed by atoms with Gasteiger partial charge in [-0.2, -0.15) is 0 Å². The zero-order valence-electron chi connectivity index (χ0n) is 7.64. The monoisotopic (exact) mass is 186 g/mol. The van der Waals surface area contributed by atoms with Gasteiger partial charge in [-0.15, -0.1) is 0 Å². The molecule has 0 aliphatic carbocycles. The van der Waals surface area contributed by atoms with Crippen LogP contribution in [0.2, 0.25) is 0 Å². The van der Waals surface area contributed by atoms with Crippen molar-refractivity contribution in [1.29, 1.82) is 0 Å². The second-order valence-electron chi connectivity index (χ2n) is 2.97. The topological polar surface area (TPSA) is 38.9 Å². The molecular formula is C9H12F2N2. The van der Waals surface area contributed by atoms with E-state index in [4.69, 9.17) is 5.73 Å². The zero-order chi connectivity index (χ0) is 10.1. The zero-order valence-corrected chi connectivity index (χ0v) is 7.64. The Morgan fingerprint density at radius 1 is 1.46 bits per heavy atom. The van der Waals surface area contributed by atoms with Crippen molar-refractivity contribution in [3.8, 4) is 0 Å². The molecule has 0 saturated carbocycles. The fourth-order valence-corrected chi connectivity index (χ4v) is 1.19. The fourth-order valence-electron chi connectivity index (χ4n) is 1.19. The molecule has 0 saturated heterocycles. The smallest absolute Gasteiger partial charge is 0.272 e. The summed E-state index contributed by atoms with van der Waals surface area (Å²) < 4.78 is 25.9. The maximum absolute atomic E-state index is 13.0. The Hall–Kier alpha value is -1.19. The number of nitrogens with two attached hydrogens (primary N) is 1. The Balaban J connectivity index is 3.22. The van der Waals surface area contributed by atoms with Crippen molar-refractivity contribution >= 4 is 5.82 Å². The molecule has 2 nitrogen and oxygen atoms in total. The van der Waals surface area contributed by atoms with E-state index in [2.05, 4.69) is 4.98 Å². The molecule has 4 heteroatoms. The first-order chi connectivity index (χ1) is 5.95. The second-order valence-corrected chi connectivity index (χ2v) is 2.97. The van der Waals surface area contributed by atoms with E-state index < -0.39 is 5.92 Å². The minimum atomic E-state index is -2.84. The van der Waals surface area contributed by atoms with Gasteiger partial charge in [-0.3, -0.25) is 0 Å². The molecule has 13 heavy (non-hydrogen) atoms. The number of rotatable bonds is 2. The molecule has 0 unspecified atom stereocenters. The van der Waals surface area contributed by atoms with Crippen LogP contribution in [0.5, 0.6) is 0 Å². The number of anilines is 1. The van der Waals surface area contributed by atoms with Crippen LogP contribution in [0, 0.1) is 0 Å². The summed E-state index contributed by atoms with van der Waals surface area (Å²) in [5.74, 6) is -2.56. The number of nitrogen functional groups attached to an aromatic ring is 1. The van der Waals surface area contributed by atoms with E-state index in [9.17, 15) is 8.78 Å². The number of aromatic nitrogens is 1. The highest BCUT2D eigenvalue weighted by Gasteiger charge is 2.27. The molecule has 0 aliphatic rings. The highest BCUT2D eigenvalue weighted by atomic mass is 19.3. The van der Waals surface area contributed by atoms with Crippen LogP contribution < -0.4 is 5.73 Å². The summed E-state index contributed by atoms with van der Waals surface area (Å²) in [6, 6.07) is 2.73. The summed E-state index contributed by atoms with van der Waals surface area (Å²) in [5.41, 5.74) is 5.72. The van der Waals surface area contributed by atoms with E-state index in [1.807, 2.05) is 0 Å². The maximum Gasteiger partial charge on any atom is 0.272 e. The van der Waals surface area contributed by atoms with E-state index in [0.717, 1.165) is 6.92 Å². The molecule has 0 radical (unpaired) electrons. The number of pyridine rings is 1. The molecule has 1 aromatic heterocycles. The van der Waals surface area contributed by atoms with Gasteiger partial charge in [-0.1, -0.05) is 6.92 Å². The van der Waals surface area contributed by atoms with Crippen molar-refractivity contribution in [2.24, 2.45) is 0 Å². The average Bonchev–Trinajstić information content (AvgIpc) is 2.01. The van der Waals surface area contributed by atoms with Crippen molar-refractivity contribution in [2.45, 2.75) is 26.2 Å². The van der Waals surface area contributed by atoms with Crippen molar-refractivity contribution in [3.05, 3.63) is 23.4 Å². The van der Waals surface area contributed by atoms with Crippen LogP contribution >= 0.6 is 0 Å². The maximum atomic E-state index is 13.0. The van der Waals surface area contributed by atoms with Gasteiger partial charge in [0, 0.05) is 12.5 Å². The first kappa shape index (κ1) is 9.89.